The molecule has 0 aliphatic rings. The molecule has 3 heteroatoms. The summed E-state index contributed by atoms with van der Waals surface area (Å²) in [6.45, 7) is 11.1. The zero-order valence-electron chi connectivity index (χ0n) is 12.0. The van der Waals surface area contributed by atoms with E-state index in [1.54, 1.807) is 0 Å². The monoisotopic (exact) mass is 249 g/mol. The SMILES string of the molecule is CCNC(CCN(CC)CC)Cc1ccccn1. The Morgan fingerprint density at radius 2 is 2.00 bits per heavy atom. The molecule has 1 heterocycles. The van der Waals surface area contributed by atoms with Crippen LogP contribution in [0.1, 0.15) is 32.9 Å². The Morgan fingerprint density at radius 1 is 1.22 bits per heavy atom. The first-order valence-electron chi connectivity index (χ1n) is 7.15. The summed E-state index contributed by atoms with van der Waals surface area (Å²) in [6, 6.07) is 6.68. The van der Waals surface area contributed by atoms with Gasteiger partial charge in [0.15, 0.2) is 0 Å². The molecule has 0 spiro atoms. The summed E-state index contributed by atoms with van der Waals surface area (Å²) in [5, 5.41) is 3.57. The van der Waals surface area contributed by atoms with Crippen LogP contribution >= 0.6 is 0 Å². The van der Waals surface area contributed by atoms with Crippen LogP contribution in [0.4, 0.5) is 0 Å². The highest BCUT2D eigenvalue weighted by Gasteiger charge is 2.10. The number of nitrogens with zero attached hydrogens (tertiary/aromatic N) is 2. The molecule has 1 aromatic rings. The average molecular weight is 249 g/mol. The Morgan fingerprint density at radius 3 is 2.56 bits per heavy atom. The molecule has 18 heavy (non-hydrogen) atoms. The number of aromatic nitrogens is 1. The number of hydrogen-bond acceptors (Lipinski definition) is 3. The number of likely N-dealkylation sites (N-methyl/N-ethyl adjacent to an activating group) is 1. The van der Waals surface area contributed by atoms with Crippen molar-refractivity contribution < 1.29 is 0 Å². The molecule has 102 valence electrons. The van der Waals surface area contributed by atoms with Crippen LogP contribution in [0.25, 0.3) is 0 Å². The van der Waals surface area contributed by atoms with Crippen molar-refractivity contribution in [3.05, 3.63) is 30.1 Å². The lowest BCUT2D eigenvalue weighted by Crippen LogP contribution is -2.36. The Labute approximate surface area is 112 Å². The third-order valence-corrected chi connectivity index (χ3v) is 3.36. The summed E-state index contributed by atoms with van der Waals surface area (Å²) in [5.74, 6) is 0. The van der Waals surface area contributed by atoms with Crippen molar-refractivity contribution in [1.29, 1.82) is 0 Å². The third kappa shape index (κ3) is 5.61. The fourth-order valence-electron chi connectivity index (χ4n) is 2.21. The maximum Gasteiger partial charge on any atom is 0.0419 e. The van der Waals surface area contributed by atoms with Gasteiger partial charge in [-0.05, 0) is 44.7 Å². The maximum atomic E-state index is 4.41. The summed E-state index contributed by atoms with van der Waals surface area (Å²) in [4.78, 5) is 6.89. The predicted octanol–water partition coefficient (Wildman–Crippen LogP) is 2.33. The van der Waals surface area contributed by atoms with Crippen LogP contribution in [0.5, 0.6) is 0 Å². The summed E-state index contributed by atoms with van der Waals surface area (Å²) in [7, 11) is 0. The van der Waals surface area contributed by atoms with E-state index in [1.807, 2.05) is 12.3 Å². The molecule has 1 aromatic heterocycles. The molecular formula is C15H27N3. The van der Waals surface area contributed by atoms with Crippen molar-refractivity contribution in [3.63, 3.8) is 0 Å². The molecule has 1 atom stereocenters. The van der Waals surface area contributed by atoms with Crippen molar-refractivity contribution in [1.82, 2.24) is 15.2 Å². The van der Waals surface area contributed by atoms with Gasteiger partial charge in [-0.3, -0.25) is 4.98 Å². The van der Waals surface area contributed by atoms with Crippen LogP contribution in [0.3, 0.4) is 0 Å². The second kappa shape index (κ2) is 9.06. The van der Waals surface area contributed by atoms with E-state index in [0.29, 0.717) is 6.04 Å². The zero-order chi connectivity index (χ0) is 13.2. The van der Waals surface area contributed by atoms with E-state index in [-0.39, 0.29) is 0 Å². The molecule has 0 saturated heterocycles. The zero-order valence-corrected chi connectivity index (χ0v) is 12.0. The van der Waals surface area contributed by atoms with E-state index in [4.69, 9.17) is 0 Å². The molecule has 0 bridgehead atoms. The summed E-state index contributed by atoms with van der Waals surface area (Å²) in [5.41, 5.74) is 1.18. The quantitative estimate of drug-likeness (QED) is 0.728. The number of hydrogen-bond donors (Lipinski definition) is 1. The van der Waals surface area contributed by atoms with Gasteiger partial charge >= 0.3 is 0 Å². The average Bonchev–Trinajstić information content (AvgIpc) is 2.41. The molecule has 1 rings (SSSR count). The standard InChI is InChI=1S/C15H27N3/c1-4-16-15(10-12-18(5-2)6-3)13-14-9-7-8-11-17-14/h7-9,11,15-16H,4-6,10,12-13H2,1-3H3. The van der Waals surface area contributed by atoms with Crippen molar-refractivity contribution in [2.24, 2.45) is 0 Å². The van der Waals surface area contributed by atoms with E-state index in [0.717, 1.165) is 32.6 Å². The highest BCUT2D eigenvalue weighted by Crippen LogP contribution is 2.04. The van der Waals surface area contributed by atoms with E-state index >= 15 is 0 Å². The van der Waals surface area contributed by atoms with Gasteiger partial charge in [0, 0.05) is 24.4 Å². The van der Waals surface area contributed by atoms with E-state index in [2.05, 4.69) is 48.1 Å². The van der Waals surface area contributed by atoms with E-state index < -0.39 is 0 Å². The molecule has 0 aromatic carbocycles. The lowest BCUT2D eigenvalue weighted by molar-refractivity contribution is 0.280. The molecule has 0 amide bonds. The Balaban J connectivity index is 2.44. The van der Waals surface area contributed by atoms with Gasteiger partial charge < -0.3 is 10.2 Å². The van der Waals surface area contributed by atoms with Crippen LogP contribution in [0.2, 0.25) is 0 Å². The Hall–Kier alpha value is -0.930. The molecule has 1 N–H and O–H groups in total. The molecule has 0 aliphatic carbocycles. The van der Waals surface area contributed by atoms with Gasteiger partial charge in [-0.25, -0.2) is 0 Å². The van der Waals surface area contributed by atoms with Crippen LogP contribution in [-0.4, -0.2) is 42.1 Å². The van der Waals surface area contributed by atoms with Gasteiger partial charge in [0.25, 0.3) is 0 Å². The lowest BCUT2D eigenvalue weighted by Gasteiger charge is -2.23. The second-order valence-electron chi connectivity index (χ2n) is 4.60. The van der Waals surface area contributed by atoms with Gasteiger partial charge in [-0.15, -0.1) is 0 Å². The van der Waals surface area contributed by atoms with Gasteiger partial charge in [0.05, 0.1) is 0 Å². The number of pyridine rings is 1. The molecular weight excluding hydrogens is 222 g/mol. The van der Waals surface area contributed by atoms with Crippen molar-refractivity contribution in [3.8, 4) is 0 Å². The fourth-order valence-corrected chi connectivity index (χ4v) is 2.21. The van der Waals surface area contributed by atoms with Gasteiger partial charge in [0.2, 0.25) is 0 Å². The molecule has 0 aliphatic heterocycles. The van der Waals surface area contributed by atoms with Gasteiger partial charge in [0.1, 0.15) is 0 Å². The first kappa shape index (κ1) is 15.1. The van der Waals surface area contributed by atoms with Crippen LogP contribution in [0, 0.1) is 0 Å². The van der Waals surface area contributed by atoms with Crippen molar-refractivity contribution >= 4 is 0 Å². The van der Waals surface area contributed by atoms with Gasteiger partial charge in [-0.1, -0.05) is 26.8 Å². The largest absolute Gasteiger partial charge is 0.314 e. The first-order chi connectivity index (χ1) is 8.80. The molecule has 0 fully saturated rings. The van der Waals surface area contributed by atoms with Crippen LogP contribution in [0.15, 0.2) is 24.4 Å². The van der Waals surface area contributed by atoms with Gasteiger partial charge in [-0.2, -0.15) is 0 Å². The minimum atomic E-state index is 0.533. The maximum absolute atomic E-state index is 4.41. The normalized spacial score (nSPS) is 12.9. The molecule has 1 unspecified atom stereocenters. The topological polar surface area (TPSA) is 28.2 Å². The summed E-state index contributed by atoms with van der Waals surface area (Å²) < 4.78 is 0. The molecule has 0 radical (unpaired) electrons. The highest BCUT2D eigenvalue weighted by atomic mass is 15.1. The van der Waals surface area contributed by atoms with Crippen LogP contribution < -0.4 is 5.32 Å². The Kier molecular flexibility index (Phi) is 7.62. The predicted molar refractivity (Wildman–Crippen MR) is 77.8 cm³/mol. The summed E-state index contributed by atoms with van der Waals surface area (Å²) >= 11 is 0. The minimum absolute atomic E-state index is 0.533. The third-order valence-electron chi connectivity index (χ3n) is 3.36. The smallest absolute Gasteiger partial charge is 0.0419 e. The Bertz CT molecular complexity index is 296. The second-order valence-corrected chi connectivity index (χ2v) is 4.60. The molecule has 3 nitrogen and oxygen atoms in total. The van der Waals surface area contributed by atoms with E-state index in [1.165, 1.54) is 12.1 Å². The van der Waals surface area contributed by atoms with Crippen molar-refractivity contribution in [2.75, 3.05) is 26.2 Å². The number of rotatable bonds is 9. The lowest BCUT2D eigenvalue weighted by atomic mass is 10.1. The first-order valence-corrected chi connectivity index (χ1v) is 7.15. The minimum Gasteiger partial charge on any atom is -0.314 e. The van der Waals surface area contributed by atoms with Crippen LogP contribution in [-0.2, 0) is 6.42 Å². The van der Waals surface area contributed by atoms with Crippen molar-refractivity contribution in [2.45, 2.75) is 39.7 Å². The molecule has 0 saturated carbocycles. The highest BCUT2D eigenvalue weighted by molar-refractivity contribution is 5.05. The summed E-state index contributed by atoms with van der Waals surface area (Å²) in [6.07, 6.45) is 4.09. The van der Waals surface area contributed by atoms with E-state index in [9.17, 15) is 0 Å². The fraction of sp³-hybridized carbons (Fsp3) is 0.667. The number of nitrogens with one attached hydrogen (secondary N) is 1.